The second-order valence-electron chi connectivity index (χ2n) is 7.86. The summed E-state index contributed by atoms with van der Waals surface area (Å²) < 4.78 is 80.9. The Morgan fingerprint density at radius 2 is 1.56 bits per heavy atom. The predicted octanol–water partition coefficient (Wildman–Crippen LogP) is 1.42. The molecule has 43 heavy (non-hydrogen) atoms. The number of nitrogens with zero attached hydrogens (tertiary/aromatic N) is 1. The van der Waals surface area contributed by atoms with Gasteiger partial charge in [-0.15, -0.1) is 13.2 Å². The summed E-state index contributed by atoms with van der Waals surface area (Å²) in [4.78, 5) is 25.5. The van der Waals surface area contributed by atoms with Gasteiger partial charge in [-0.2, -0.15) is 4.39 Å². The summed E-state index contributed by atoms with van der Waals surface area (Å²) in [6.45, 7) is 1.54. The zero-order valence-corrected chi connectivity index (χ0v) is 21.8. The van der Waals surface area contributed by atoms with Crippen molar-refractivity contribution in [2.45, 2.75) is 25.4 Å². The number of carbonyl (C=O) groups is 2. The second kappa shape index (κ2) is 13.3. The van der Waals surface area contributed by atoms with Crippen molar-refractivity contribution in [1.29, 1.82) is 0 Å². The zero-order valence-electron chi connectivity index (χ0n) is 21.1. The number of nitrogens with two attached hydrogens (primary N) is 1. The molecule has 0 radical (unpaired) electrons. The normalized spacial score (nSPS) is 11.7. The third-order valence-electron chi connectivity index (χ3n) is 4.61. The maximum Gasteiger partial charge on any atom is 0.573 e. The topological polar surface area (TPSA) is 234 Å². The molecule has 0 atom stereocenters. The molecule has 0 saturated carbocycles. The van der Waals surface area contributed by atoms with Gasteiger partial charge in [-0.1, -0.05) is 11.6 Å². The Morgan fingerprint density at radius 1 is 0.977 bits per heavy atom. The van der Waals surface area contributed by atoms with Crippen molar-refractivity contribution in [3.05, 3.63) is 70.0 Å². The van der Waals surface area contributed by atoms with E-state index in [4.69, 9.17) is 36.5 Å². The molecule has 14 nitrogen and oxygen atoms in total. The van der Waals surface area contributed by atoms with Crippen molar-refractivity contribution in [1.82, 2.24) is 4.98 Å². The van der Waals surface area contributed by atoms with E-state index in [9.17, 15) is 37.7 Å². The van der Waals surface area contributed by atoms with Gasteiger partial charge in [0.25, 0.3) is 5.91 Å². The van der Waals surface area contributed by atoms with Gasteiger partial charge in [0.05, 0.1) is 10.6 Å². The van der Waals surface area contributed by atoms with Crippen molar-refractivity contribution < 1.29 is 76.4 Å². The van der Waals surface area contributed by atoms with E-state index in [1.165, 1.54) is 25.3 Å². The molecule has 0 unspecified atom stereocenters. The first-order chi connectivity index (χ1) is 19.7. The number of nitrogens with one attached hydrogen (secondary N) is 1. The summed E-state index contributed by atoms with van der Waals surface area (Å²) in [7, 11) is 0. The van der Waals surface area contributed by atoms with Gasteiger partial charge in [-0.05, 0) is 31.2 Å². The number of primary amides is 1. The maximum atomic E-state index is 15.4. The van der Waals surface area contributed by atoms with E-state index < -0.39 is 75.2 Å². The molecule has 0 bridgehead atoms. The van der Waals surface area contributed by atoms with Gasteiger partial charge in [0, 0.05) is 23.6 Å². The van der Waals surface area contributed by atoms with Crippen LogP contribution in [0.15, 0.2) is 36.5 Å². The van der Waals surface area contributed by atoms with E-state index in [1.807, 2.05) is 0 Å². The van der Waals surface area contributed by atoms with Crippen LogP contribution in [0.1, 0.15) is 21.6 Å². The van der Waals surface area contributed by atoms with Crippen LogP contribution in [-0.4, -0.2) is 60.5 Å². The number of halogens is 6. The molecule has 234 valence electrons. The molecule has 2 amide bonds. The lowest BCUT2D eigenvalue weighted by Crippen LogP contribution is -2.35. The number of amides is 2. The van der Waals surface area contributed by atoms with Crippen LogP contribution in [0.25, 0.3) is 0 Å². The fourth-order valence-corrected chi connectivity index (χ4v) is 3.48. The Kier molecular flexibility index (Phi) is 10.8. The fourth-order valence-electron chi connectivity index (χ4n) is 3.17. The van der Waals surface area contributed by atoms with Crippen LogP contribution in [0.2, 0.25) is 5.02 Å². The van der Waals surface area contributed by atoms with Crippen molar-refractivity contribution in [2.75, 3.05) is 5.32 Å². The lowest BCUT2D eigenvalue weighted by molar-refractivity contribution is -0.420. The number of carbonyl (C=O) groups excluding carboxylic acids is 2. The predicted molar refractivity (Wildman–Crippen MR) is 130 cm³/mol. The molecule has 9 N–H and O–H groups in total. The zero-order chi connectivity index (χ0) is 32.9. The fraction of sp³-hybridized carbons (Fsp3) is 0.174. The van der Waals surface area contributed by atoms with Crippen LogP contribution in [0.4, 0.5) is 27.6 Å². The van der Waals surface area contributed by atoms with Gasteiger partial charge in [-0.25, -0.2) is 4.39 Å². The molecule has 1 heterocycles. The van der Waals surface area contributed by atoms with Gasteiger partial charge >= 0.3 is 18.5 Å². The highest BCUT2D eigenvalue weighted by molar-refractivity contribution is 6.32. The van der Waals surface area contributed by atoms with Crippen LogP contribution in [0.3, 0.4) is 0 Å². The first-order valence-corrected chi connectivity index (χ1v) is 11.3. The number of aliphatic hydroxyl groups is 6. The number of hydrogen-bond donors (Lipinski definition) is 8. The minimum atomic E-state index is -5.44. The smallest absolute Gasteiger partial charge is 0.452 e. The van der Waals surface area contributed by atoms with Crippen LogP contribution >= 0.6 is 11.6 Å². The number of pyridine rings is 1. The minimum absolute atomic E-state index is 0.0250. The lowest BCUT2D eigenvalue weighted by Gasteiger charge is -2.23. The van der Waals surface area contributed by atoms with Gasteiger partial charge in [-0.3, -0.25) is 14.6 Å². The number of ether oxygens (including phenoxy) is 3. The van der Waals surface area contributed by atoms with Gasteiger partial charge in [0.1, 0.15) is 11.3 Å². The van der Waals surface area contributed by atoms with Gasteiger partial charge < -0.3 is 55.9 Å². The molecule has 0 spiro atoms. The van der Waals surface area contributed by atoms with Crippen molar-refractivity contribution in [3.8, 4) is 23.0 Å². The molecule has 20 heteroatoms. The molecule has 3 aromatic rings. The average Bonchev–Trinajstić information content (AvgIpc) is 2.81. The third-order valence-corrected chi connectivity index (χ3v) is 4.91. The average molecular weight is 644 g/mol. The standard InChI is InChI=1S/C22H16ClF5N2O10.CH3NO/c1-8-6-9(4-5-29-8)30-19(31)14-13(7-10(23)15(17(14)25)20(32,33)34)38-12-3-2-11(39-21(26,27)28)16(24)18(12)40-22(35,36)37;2-1-3/h2-7,32-37H,1H3,(H,29,30,31);1H,(H2,2,3). The number of alkyl halides is 3. The van der Waals surface area contributed by atoms with Gasteiger partial charge in [0.2, 0.25) is 18.0 Å². The number of hydrogen-bond acceptors (Lipinski definition) is 12. The first kappa shape index (κ1) is 34.8. The third kappa shape index (κ3) is 9.58. The monoisotopic (exact) mass is 643 g/mol. The highest BCUT2D eigenvalue weighted by Gasteiger charge is 2.37. The summed E-state index contributed by atoms with van der Waals surface area (Å²) in [6, 6.07) is 3.87. The largest absolute Gasteiger partial charge is 0.573 e. The van der Waals surface area contributed by atoms with Crippen molar-refractivity contribution in [3.63, 3.8) is 0 Å². The Balaban J connectivity index is 0.00000206. The highest BCUT2D eigenvalue weighted by Crippen LogP contribution is 2.44. The molecule has 0 saturated heterocycles. The first-order valence-electron chi connectivity index (χ1n) is 10.9. The molecule has 3 rings (SSSR count). The number of aryl methyl sites for hydroxylation is 1. The van der Waals surface area contributed by atoms with E-state index in [-0.39, 0.29) is 12.1 Å². The van der Waals surface area contributed by atoms with E-state index in [0.29, 0.717) is 23.9 Å². The van der Waals surface area contributed by atoms with E-state index in [1.54, 1.807) is 0 Å². The van der Waals surface area contributed by atoms with Crippen molar-refractivity contribution >= 4 is 29.6 Å². The van der Waals surface area contributed by atoms with Crippen molar-refractivity contribution in [2.24, 2.45) is 5.73 Å². The Bertz CT molecular complexity index is 1500. The molecular weight excluding hydrogens is 625 g/mol. The highest BCUT2D eigenvalue weighted by atomic mass is 35.5. The SMILES string of the molecule is Cc1cc(NC(=O)c2c(Oc3ccc(OC(F)(F)F)c(F)c3OC(O)(O)O)cc(Cl)c(C(O)(O)O)c2F)ccn1.NC=O. The Morgan fingerprint density at radius 3 is 2.07 bits per heavy atom. The molecular formula is C23H19ClF5N3O11. The van der Waals surface area contributed by atoms with E-state index in [2.05, 4.69) is 25.5 Å². The summed E-state index contributed by atoms with van der Waals surface area (Å²) in [5, 5.41) is 57.2. The summed E-state index contributed by atoms with van der Waals surface area (Å²) in [5.74, 6) is -14.7. The van der Waals surface area contributed by atoms with Crippen LogP contribution in [0.5, 0.6) is 23.0 Å². The number of benzene rings is 2. The van der Waals surface area contributed by atoms with Crippen LogP contribution in [-0.2, 0) is 10.8 Å². The lowest BCUT2D eigenvalue weighted by atomic mass is 10.0. The van der Waals surface area contributed by atoms with Crippen LogP contribution in [0, 0.1) is 18.6 Å². The summed E-state index contributed by atoms with van der Waals surface area (Å²) in [5.41, 5.74) is 1.91. The molecule has 0 aliphatic carbocycles. The number of anilines is 1. The second-order valence-corrected chi connectivity index (χ2v) is 8.27. The van der Waals surface area contributed by atoms with E-state index in [0.717, 1.165) is 0 Å². The van der Waals surface area contributed by atoms with E-state index >= 15 is 4.39 Å². The molecule has 1 aromatic heterocycles. The quantitative estimate of drug-likeness (QED) is 0.0989. The molecule has 2 aromatic carbocycles. The summed E-state index contributed by atoms with van der Waals surface area (Å²) >= 11 is 5.81. The Labute approximate surface area is 240 Å². The molecule has 0 aliphatic heterocycles. The number of rotatable bonds is 8. The maximum absolute atomic E-state index is 15.4. The molecule has 0 aliphatic rings. The summed E-state index contributed by atoms with van der Waals surface area (Å²) in [6.07, 6.45) is -8.13. The Hall–Kier alpha value is -4.37. The van der Waals surface area contributed by atoms with Gasteiger partial charge in [0.15, 0.2) is 17.3 Å². The minimum Gasteiger partial charge on any atom is -0.452 e. The molecule has 0 fully saturated rings. The van der Waals surface area contributed by atoms with Crippen LogP contribution < -0.4 is 25.3 Å². The number of aromatic nitrogens is 1.